The van der Waals surface area contributed by atoms with Crippen molar-refractivity contribution in [2.75, 3.05) is 42.1 Å². The topological polar surface area (TPSA) is 139 Å². The number of ether oxygens (including phenoxy) is 1. The molecule has 4 rings (SSSR count). The van der Waals surface area contributed by atoms with E-state index in [1.807, 2.05) is 37.3 Å². The molecule has 3 aromatic rings. The van der Waals surface area contributed by atoms with Gasteiger partial charge >= 0.3 is 0 Å². The summed E-state index contributed by atoms with van der Waals surface area (Å²) >= 11 is 0. The maximum atomic E-state index is 13.6. The molecule has 1 aromatic heterocycles. The fourth-order valence-corrected chi connectivity index (χ4v) is 6.44. The van der Waals surface area contributed by atoms with Gasteiger partial charge in [0.25, 0.3) is 5.91 Å². The molecule has 1 fully saturated rings. The second-order valence-corrected chi connectivity index (χ2v) is 12.0. The summed E-state index contributed by atoms with van der Waals surface area (Å²) in [6.45, 7) is 3.85. The Bertz CT molecular complexity index is 1250. The Morgan fingerprint density at radius 2 is 1.98 bits per heavy atom. The predicted molar refractivity (Wildman–Crippen MR) is 167 cm³/mol. The Morgan fingerprint density at radius 1 is 1.15 bits per heavy atom. The smallest absolute Gasteiger partial charge is 0.251 e. The standard InChI is InChI=1S/C29H40N4O6S.ClH/c1-3-31-23-15-22(16-24(17-23)33-11-4-5-13-40(33,36)37)29(35)32-27(18-26-10-7-12-39-26)28(34)20-30-19-21-8-6-9-25(14-21)38-2;/h6-10,12,14-17,27-28,30-31,34,36-37H,3-5,11,13,18-20H2,1-2H3,(H,32,35);1H/t27-,28-;/m0./s1. The monoisotopic (exact) mass is 608 g/mol. The number of aliphatic hydroxyl groups excluding tert-OH is 1. The molecule has 1 amide bonds. The third kappa shape index (κ3) is 9.03. The highest BCUT2D eigenvalue weighted by molar-refractivity contribution is 8.25. The van der Waals surface area contributed by atoms with Crippen molar-refractivity contribution in [2.24, 2.45) is 0 Å². The van der Waals surface area contributed by atoms with Gasteiger partial charge in [-0.05, 0) is 67.8 Å². The van der Waals surface area contributed by atoms with E-state index < -0.39 is 22.9 Å². The molecular formula is C29H41ClN4O6S. The summed E-state index contributed by atoms with van der Waals surface area (Å²) in [7, 11) is -1.34. The van der Waals surface area contributed by atoms with Crippen LogP contribution in [-0.2, 0) is 13.0 Å². The number of amides is 1. The quantitative estimate of drug-likeness (QED) is 0.160. The molecule has 2 aromatic carbocycles. The predicted octanol–water partition coefficient (Wildman–Crippen LogP) is 4.90. The number of carbonyl (C=O) groups is 1. The van der Waals surface area contributed by atoms with Gasteiger partial charge in [0.2, 0.25) is 0 Å². The minimum Gasteiger partial charge on any atom is -0.497 e. The molecule has 2 heterocycles. The summed E-state index contributed by atoms with van der Waals surface area (Å²) in [5, 5.41) is 20.6. The second kappa shape index (κ2) is 15.3. The Hall–Kier alpha value is -2.93. The molecule has 2 atom stereocenters. The van der Waals surface area contributed by atoms with Crippen LogP contribution >= 0.6 is 23.2 Å². The van der Waals surface area contributed by atoms with E-state index in [0.29, 0.717) is 54.5 Å². The van der Waals surface area contributed by atoms with Gasteiger partial charge in [0, 0.05) is 43.9 Å². The van der Waals surface area contributed by atoms with Gasteiger partial charge in [0.1, 0.15) is 11.5 Å². The molecule has 0 bridgehead atoms. The number of furan rings is 1. The number of benzene rings is 2. The SMILES string of the molecule is CCNc1cc(C(=O)N[C@@H](Cc2ccco2)[C@@H](O)CNCc2cccc(OC)c2)cc(N2CCCCS2(O)O)c1.Cl. The van der Waals surface area contributed by atoms with Gasteiger partial charge < -0.3 is 30.2 Å². The molecule has 1 aliphatic rings. The van der Waals surface area contributed by atoms with Crippen LogP contribution in [-0.4, -0.2) is 64.8 Å². The van der Waals surface area contributed by atoms with Crippen molar-refractivity contribution in [2.45, 2.75) is 44.9 Å². The maximum Gasteiger partial charge on any atom is 0.251 e. The summed E-state index contributed by atoms with van der Waals surface area (Å²) < 4.78 is 33.7. The number of hydrogen-bond acceptors (Lipinski definition) is 9. The van der Waals surface area contributed by atoms with Crippen molar-refractivity contribution >= 4 is 40.5 Å². The van der Waals surface area contributed by atoms with E-state index in [1.165, 1.54) is 0 Å². The van der Waals surface area contributed by atoms with E-state index in [4.69, 9.17) is 9.15 Å². The van der Waals surface area contributed by atoms with E-state index in [0.717, 1.165) is 24.2 Å². The summed E-state index contributed by atoms with van der Waals surface area (Å²) in [6, 6.07) is 15.8. The molecule has 0 unspecified atom stereocenters. The zero-order valence-electron chi connectivity index (χ0n) is 23.4. The molecular weight excluding hydrogens is 568 g/mol. The lowest BCUT2D eigenvalue weighted by atomic mass is 10.0. The lowest BCUT2D eigenvalue weighted by Gasteiger charge is -2.47. The molecule has 0 radical (unpaired) electrons. The van der Waals surface area contributed by atoms with Crippen LogP contribution in [0.4, 0.5) is 11.4 Å². The molecule has 0 aliphatic carbocycles. The first kappa shape index (κ1) is 32.6. The van der Waals surface area contributed by atoms with Crippen LogP contribution < -0.4 is 25.0 Å². The number of nitrogens with one attached hydrogen (secondary N) is 3. The van der Waals surface area contributed by atoms with E-state index in [1.54, 1.807) is 41.9 Å². The van der Waals surface area contributed by atoms with Crippen LogP contribution in [0, 0.1) is 0 Å². The van der Waals surface area contributed by atoms with E-state index >= 15 is 0 Å². The van der Waals surface area contributed by atoms with Crippen molar-refractivity contribution in [3.05, 3.63) is 77.7 Å². The van der Waals surface area contributed by atoms with Gasteiger partial charge in [-0.25, -0.2) is 0 Å². The van der Waals surface area contributed by atoms with Crippen molar-refractivity contribution in [1.29, 1.82) is 0 Å². The van der Waals surface area contributed by atoms with Crippen molar-refractivity contribution in [1.82, 2.24) is 10.6 Å². The highest BCUT2D eigenvalue weighted by Gasteiger charge is 2.29. The van der Waals surface area contributed by atoms with Crippen LogP contribution in [0.5, 0.6) is 5.75 Å². The summed E-state index contributed by atoms with van der Waals surface area (Å²) in [4.78, 5) is 13.6. The first-order valence-electron chi connectivity index (χ1n) is 13.6. The van der Waals surface area contributed by atoms with Crippen LogP contribution in [0.1, 0.15) is 41.4 Å². The maximum absolute atomic E-state index is 13.6. The molecule has 12 heteroatoms. The van der Waals surface area contributed by atoms with Crippen LogP contribution in [0.25, 0.3) is 0 Å². The number of nitrogens with zero attached hydrogens (tertiary/aromatic N) is 1. The number of aliphatic hydroxyl groups is 1. The van der Waals surface area contributed by atoms with E-state index in [-0.39, 0.29) is 24.9 Å². The van der Waals surface area contributed by atoms with Gasteiger partial charge in [-0.3, -0.25) is 18.2 Å². The van der Waals surface area contributed by atoms with Gasteiger partial charge in [0.15, 0.2) is 0 Å². The van der Waals surface area contributed by atoms with Crippen LogP contribution in [0.2, 0.25) is 0 Å². The van der Waals surface area contributed by atoms with Gasteiger partial charge in [-0.1, -0.05) is 12.1 Å². The fraction of sp³-hybridized carbons (Fsp3) is 0.414. The molecule has 6 N–H and O–H groups in total. The second-order valence-electron chi connectivity index (χ2n) is 9.86. The minimum absolute atomic E-state index is 0. The highest BCUT2D eigenvalue weighted by atomic mass is 35.5. The van der Waals surface area contributed by atoms with E-state index in [2.05, 4.69) is 16.0 Å². The minimum atomic E-state index is -2.95. The molecule has 41 heavy (non-hydrogen) atoms. The molecule has 1 saturated heterocycles. The number of hydrogen-bond donors (Lipinski definition) is 6. The molecule has 0 saturated carbocycles. The Labute approximate surface area is 249 Å². The first-order chi connectivity index (χ1) is 19.3. The van der Waals surface area contributed by atoms with Gasteiger partial charge in [0.05, 0.1) is 37.0 Å². The number of halogens is 1. The van der Waals surface area contributed by atoms with Crippen molar-refractivity contribution in [3.63, 3.8) is 0 Å². The zero-order valence-corrected chi connectivity index (χ0v) is 25.0. The lowest BCUT2D eigenvalue weighted by molar-refractivity contribution is 0.0823. The third-order valence-electron chi connectivity index (χ3n) is 6.83. The zero-order chi connectivity index (χ0) is 28.5. The van der Waals surface area contributed by atoms with Crippen molar-refractivity contribution in [3.8, 4) is 5.75 Å². The number of carbonyl (C=O) groups excluding carboxylic acids is 1. The number of methoxy groups -OCH3 is 1. The third-order valence-corrected chi connectivity index (χ3v) is 8.77. The highest BCUT2D eigenvalue weighted by Crippen LogP contribution is 2.50. The number of rotatable bonds is 13. The number of anilines is 2. The normalized spacial score (nSPS) is 16.7. The molecule has 0 spiro atoms. The molecule has 10 nitrogen and oxygen atoms in total. The summed E-state index contributed by atoms with van der Waals surface area (Å²) in [5.41, 5.74) is 2.64. The molecule has 226 valence electrons. The Balaban J connectivity index is 0.00000462. The summed E-state index contributed by atoms with van der Waals surface area (Å²) in [6.07, 6.45) is 2.53. The molecule has 1 aliphatic heterocycles. The average molecular weight is 609 g/mol. The lowest BCUT2D eigenvalue weighted by Crippen LogP contribution is -2.48. The van der Waals surface area contributed by atoms with Gasteiger partial charge in [-0.2, -0.15) is 0 Å². The Morgan fingerprint density at radius 3 is 2.68 bits per heavy atom. The summed E-state index contributed by atoms with van der Waals surface area (Å²) in [5.74, 6) is 1.33. The van der Waals surface area contributed by atoms with E-state index in [9.17, 15) is 19.0 Å². The van der Waals surface area contributed by atoms with Crippen molar-refractivity contribution < 1.29 is 28.2 Å². The van der Waals surface area contributed by atoms with Crippen LogP contribution in [0.3, 0.4) is 0 Å². The van der Waals surface area contributed by atoms with Gasteiger partial charge in [-0.15, -0.1) is 23.2 Å². The van der Waals surface area contributed by atoms with Crippen LogP contribution in [0.15, 0.2) is 65.3 Å². The Kier molecular flexibility index (Phi) is 12.2. The fourth-order valence-electron chi connectivity index (χ4n) is 4.77. The average Bonchev–Trinajstić information content (AvgIpc) is 3.45. The first-order valence-corrected chi connectivity index (χ1v) is 15.2. The largest absolute Gasteiger partial charge is 0.497 e.